The summed E-state index contributed by atoms with van der Waals surface area (Å²) in [4.78, 5) is 8.45. The van der Waals surface area contributed by atoms with Crippen molar-refractivity contribution in [3.63, 3.8) is 0 Å². The van der Waals surface area contributed by atoms with Gasteiger partial charge in [-0.25, -0.2) is 4.98 Å². The minimum Gasteiger partial charge on any atom is -0.481 e. The fourth-order valence-corrected chi connectivity index (χ4v) is 2.18. The van der Waals surface area contributed by atoms with Gasteiger partial charge in [-0.05, 0) is 19.8 Å². The van der Waals surface area contributed by atoms with E-state index in [2.05, 4.69) is 15.3 Å². The number of nitrogens with zero attached hydrogens (tertiary/aromatic N) is 2. The number of hydrogen-bond donors (Lipinski definition) is 2. The van der Waals surface area contributed by atoms with E-state index in [0.29, 0.717) is 18.4 Å². The summed E-state index contributed by atoms with van der Waals surface area (Å²) >= 11 is 0. The number of ether oxygens (including phenoxy) is 1. The summed E-state index contributed by atoms with van der Waals surface area (Å²) in [5, 5.41) is 13.3. The molecule has 0 spiro atoms. The third-order valence-electron chi connectivity index (χ3n) is 3.15. The van der Waals surface area contributed by atoms with Crippen LogP contribution in [0.4, 0.5) is 5.95 Å². The van der Waals surface area contributed by atoms with Gasteiger partial charge in [-0.2, -0.15) is 4.98 Å². The van der Waals surface area contributed by atoms with Crippen molar-refractivity contribution in [3.8, 4) is 5.88 Å². The van der Waals surface area contributed by atoms with E-state index >= 15 is 0 Å². The van der Waals surface area contributed by atoms with Gasteiger partial charge in [0.05, 0.1) is 12.7 Å². The highest BCUT2D eigenvalue weighted by atomic mass is 16.5. The lowest BCUT2D eigenvalue weighted by Gasteiger charge is -2.22. The molecule has 1 heterocycles. The topological polar surface area (TPSA) is 67.3 Å². The van der Waals surface area contributed by atoms with Crippen LogP contribution in [0.15, 0.2) is 6.07 Å². The standard InChI is InChI=1S/C12H19N3O2/c1-9-7-10(17-2)15-11(14-9)13-8-12(16)5-3-4-6-12/h7,16H,3-6,8H2,1-2H3,(H,13,14,15). The van der Waals surface area contributed by atoms with E-state index in [1.54, 1.807) is 13.2 Å². The number of aryl methyl sites for hydroxylation is 1. The van der Waals surface area contributed by atoms with Crippen LogP contribution in [0.1, 0.15) is 31.4 Å². The van der Waals surface area contributed by atoms with Crippen LogP contribution in [-0.2, 0) is 0 Å². The summed E-state index contributed by atoms with van der Waals surface area (Å²) < 4.78 is 5.08. The van der Waals surface area contributed by atoms with Gasteiger partial charge in [0, 0.05) is 18.3 Å². The quantitative estimate of drug-likeness (QED) is 0.831. The Labute approximate surface area is 101 Å². The molecule has 94 valence electrons. The SMILES string of the molecule is COc1cc(C)nc(NCC2(O)CCCC2)n1. The monoisotopic (exact) mass is 237 g/mol. The number of aromatic nitrogens is 2. The molecule has 1 aliphatic carbocycles. The number of rotatable bonds is 4. The second-order valence-electron chi connectivity index (χ2n) is 4.66. The van der Waals surface area contributed by atoms with E-state index in [0.717, 1.165) is 31.4 Å². The maximum Gasteiger partial charge on any atom is 0.226 e. The van der Waals surface area contributed by atoms with Crippen LogP contribution < -0.4 is 10.1 Å². The van der Waals surface area contributed by atoms with Gasteiger partial charge in [0.2, 0.25) is 11.8 Å². The normalized spacial score (nSPS) is 18.1. The van der Waals surface area contributed by atoms with Gasteiger partial charge in [0.1, 0.15) is 0 Å². The molecule has 0 aliphatic heterocycles. The zero-order valence-corrected chi connectivity index (χ0v) is 10.4. The molecule has 0 radical (unpaired) electrons. The summed E-state index contributed by atoms with van der Waals surface area (Å²) in [6.45, 7) is 2.39. The number of nitrogens with one attached hydrogen (secondary N) is 1. The number of methoxy groups -OCH3 is 1. The van der Waals surface area contributed by atoms with Gasteiger partial charge >= 0.3 is 0 Å². The molecule has 1 aromatic heterocycles. The highest BCUT2D eigenvalue weighted by Crippen LogP contribution is 2.29. The average Bonchev–Trinajstić information content (AvgIpc) is 2.73. The average molecular weight is 237 g/mol. The van der Waals surface area contributed by atoms with Crippen molar-refractivity contribution in [1.29, 1.82) is 0 Å². The number of hydrogen-bond acceptors (Lipinski definition) is 5. The lowest BCUT2D eigenvalue weighted by Crippen LogP contribution is -2.34. The van der Waals surface area contributed by atoms with Crippen molar-refractivity contribution < 1.29 is 9.84 Å². The fraction of sp³-hybridized carbons (Fsp3) is 0.667. The van der Waals surface area contributed by atoms with Crippen molar-refractivity contribution in [2.75, 3.05) is 19.0 Å². The van der Waals surface area contributed by atoms with Crippen LogP contribution in [0, 0.1) is 6.92 Å². The molecule has 2 N–H and O–H groups in total. The molecule has 2 rings (SSSR count). The van der Waals surface area contributed by atoms with Crippen LogP contribution in [0.3, 0.4) is 0 Å². The van der Waals surface area contributed by atoms with Crippen molar-refractivity contribution in [3.05, 3.63) is 11.8 Å². The van der Waals surface area contributed by atoms with E-state index in [-0.39, 0.29) is 0 Å². The first kappa shape index (κ1) is 12.1. The Balaban J connectivity index is 2.00. The summed E-state index contributed by atoms with van der Waals surface area (Å²) in [5.41, 5.74) is 0.248. The number of aliphatic hydroxyl groups is 1. The largest absolute Gasteiger partial charge is 0.481 e. The van der Waals surface area contributed by atoms with Gasteiger partial charge in [0.15, 0.2) is 0 Å². The minimum absolute atomic E-state index is 0.500. The van der Waals surface area contributed by atoms with Crippen molar-refractivity contribution in [2.45, 2.75) is 38.2 Å². The lowest BCUT2D eigenvalue weighted by molar-refractivity contribution is 0.0613. The molecule has 5 heteroatoms. The Morgan fingerprint density at radius 2 is 2.12 bits per heavy atom. The van der Waals surface area contributed by atoms with Gasteiger partial charge in [-0.15, -0.1) is 0 Å². The van der Waals surface area contributed by atoms with Gasteiger partial charge in [0.25, 0.3) is 0 Å². The third kappa shape index (κ3) is 3.06. The lowest BCUT2D eigenvalue weighted by atomic mass is 10.0. The molecule has 0 unspecified atom stereocenters. The first-order chi connectivity index (χ1) is 8.11. The van der Waals surface area contributed by atoms with Gasteiger partial charge < -0.3 is 15.2 Å². The zero-order chi connectivity index (χ0) is 12.3. The molecular formula is C12H19N3O2. The maximum absolute atomic E-state index is 10.2. The van der Waals surface area contributed by atoms with Crippen molar-refractivity contribution >= 4 is 5.95 Å². The van der Waals surface area contributed by atoms with Crippen molar-refractivity contribution in [1.82, 2.24) is 9.97 Å². The summed E-state index contributed by atoms with van der Waals surface area (Å²) in [6, 6.07) is 1.77. The Kier molecular flexibility index (Phi) is 3.47. The molecule has 1 fully saturated rings. The molecule has 1 aromatic rings. The first-order valence-corrected chi connectivity index (χ1v) is 5.97. The Morgan fingerprint density at radius 3 is 2.76 bits per heavy atom. The molecule has 1 aliphatic rings. The molecule has 0 amide bonds. The summed E-state index contributed by atoms with van der Waals surface area (Å²) in [6.07, 6.45) is 3.89. The molecule has 1 saturated carbocycles. The highest BCUT2D eigenvalue weighted by molar-refractivity contribution is 5.31. The number of anilines is 1. The Bertz CT molecular complexity index is 389. The molecule has 0 aromatic carbocycles. The summed E-state index contributed by atoms with van der Waals surface area (Å²) in [7, 11) is 1.58. The fourth-order valence-electron chi connectivity index (χ4n) is 2.18. The van der Waals surface area contributed by atoms with Crippen molar-refractivity contribution in [2.24, 2.45) is 0 Å². The van der Waals surface area contributed by atoms with Gasteiger partial charge in [-0.1, -0.05) is 12.8 Å². The smallest absolute Gasteiger partial charge is 0.226 e. The zero-order valence-electron chi connectivity index (χ0n) is 10.4. The molecular weight excluding hydrogens is 218 g/mol. The van der Waals surface area contributed by atoms with E-state index in [1.165, 1.54) is 0 Å². The predicted molar refractivity (Wildman–Crippen MR) is 65.2 cm³/mol. The van der Waals surface area contributed by atoms with E-state index < -0.39 is 5.60 Å². The maximum atomic E-state index is 10.2. The minimum atomic E-state index is -0.597. The highest BCUT2D eigenvalue weighted by Gasteiger charge is 2.30. The van der Waals surface area contributed by atoms with Crippen LogP contribution in [0.25, 0.3) is 0 Å². The molecule has 0 atom stereocenters. The molecule has 5 nitrogen and oxygen atoms in total. The first-order valence-electron chi connectivity index (χ1n) is 5.97. The second-order valence-corrected chi connectivity index (χ2v) is 4.66. The third-order valence-corrected chi connectivity index (χ3v) is 3.15. The predicted octanol–water partition coefficient (Wildman–Crippen LogP) is 1.51. The second kappa shape index (κ2) is 4.87. The molecule has 0 saturated heterocycles. The Morgan fingerprint density at radius 1 is 1.41 bits per heavy atom. The van der Waals surface area contributed by atoms with E-state index in [4.69, 9.17) is 4.74 Å². The van der Waals surface area contributed by atoms with E-state index in [9.17, 15) is 5.11 Å². The molecule has 0 bridgehead atoms. The van der Waals surface area contributed by atoms with E-state index in [1.807, 2.05) is 6.92 Å². The van der Waals surface area contributed by atoms with Gasteiger partial charge in [-0.3, -0.25) is 0 Å². The van der Waals surface area contributed by atoms with Crippen LogP contribution >= 0.6 is 0 Å². The summed E-state index contributed by atoms with van der Waals surface area (Å²) in [5.74, 6) is 1.06. The van der Waals surface area contributed by atoms with Crippen LogP contribution in [-0.4, -0.2) is 34.3 Å². The molecule has 17 heavy (non-hydrogen) atoms. The van der Waals surface area contributed by atoms with Crippen LogP contribution in [0.2, 0.25) is 0 Å². The Hall–Kier alpha value is -1.36. The van der Waals surface area contributed by atoms with Crippen LogP contribution in [0.5, 0.6) is 5.88 Å².